The van der Waals surface area contributed by atoms with E-state index in [0.29, 0.717) is 25.9 Å². The summed E-state index contributed by atoms with van der Waals surface area (Å²) in [5.74, 6) is 0. The number of hydrogen-bond acceptors (Lipinski definition) is 3. The number of ether oxygens (including phenoxy) is 1. The van der Waals surface area contributed by atoms with Crippen LogP contribution < -0.4 is 0 Å². The summed E-state index contributed by atoms with van der Waals surface area (Å²) in [6.07, 6.45) is -0.849. The highest BCUT2D eigenvalue weighted by atomic mass is 19.1. The monoisotopic (exact) mass is 221 g/mol. The predicted molar refractivity (Wildman–Crippen MR) is 50.6 cm³/mol. The zero-order chi connectivity index (χ0) is 11.3. The Hall–Kier alpha value is -0.880. The van der Waals surface area contributed by atoms with Gasteiger partial charge in [-0.3, -0.25) is 0 Å². The van der Waals surface area contributed by atoms with Crippen LogP contribution in [0.5, 0.6) is 0 Å². The fourth-order valence-corrected chi connectivity index (χ4v) is 1.51. The first kappa shape index (κ1) is 12.2. The maximum absolute atomic E-state index is 11.9. The second-order valence-corrected chi connectivity index (χ2v) is 3.61. The first-order valence-corrected chi connectivity index (χ1v) is 4.97. The van der Waals surface area contributed by atoms with Gasteiger partial charge in [-0.2, -0.15) is 0 Å². The Balaban J connectivity index is 2.17. The van der Waals surface area contributed by atoms with Crippen molar-refractivity contribution in [3.8, 4) is 0 Å². The van der Waals surface area contributed by atoms with Crippen molar-refractivity contribution in [1.82, 2.24) is 4.90 Å². The van der Waals surface area contributed by atoms with Gasteiger partial charge >= 0.3 is 6.09 Å². The van der Waals surface area contributed by atoms with Gasteiger partial charge in [0, 0.05) is 13.1 Å². The Morgan fingerprint density at radius 2 is 2.13 bits per heavy atom. The third-order valence-corrected chi connectivity index (χ3v) is 2.41. The molecule has 6 heteroatoms. The van der Waals surface area contributed by atoms with Gasteiger partial charge in [-0.05, 0) is 12.8 Å². The van der Waals surface area contributed by atoms with Gasteiger partial charge in [0.25, 0.3) is 0 Å². The molecule has 0 aromatic rings. The van der Waals surface area contributed by atoms with Gasteiger partial charge in [0.2, 0.25) is 0 Å². The number of carboxylic acid groups (broad SMARTS) is 1. The lowest BCUT2D eigenvalue weighted by atomic mass is 10.1. The molecule has 1 amide bonds. The standard InChI is InChI=1S/C9H16FNO4/c10-5-7(12)6-15-8-1-3-11(4-2-8)9(13)14/h7-8,12H,1-6H2,(H,13,14). The summed E-state index contributed by atoms with van der Waals surface area (Å²) in [5, 5.41) is 17.6. The van der Waals surface area contributed by atoms with E-state index in [1.807, 2.05) is 0 Å². The van der Waals surface area contributed by atoms with E-state index in [1.54, 1.807) is 0 Å². The quantitative estimate of drug-likeness (QED) is 0.724. The SMILES string of the molecule is O=C(O)N1CCC(OCC(O)CF)CC1. The van der Waals surface area contributed by atoms with Crippen LogP contribution in [0, 0.1) is 0 Å². The van der Waals surface area contributed by atoms with E-state index in [0.717, 1.165) is 0 Å². The first-order valence-electron chi connectivity index (χ1n) is 4.97. The number of carbonyl (C=O) groups is 1. The van der Waals surface area contributed by atoms with Gasteiger partial charge in [0.1, 0.15) is 12.8 Å². The molecule has 1 atom stereocenters. The summed E-state index contributed by atoms with van der Waals surface area (Å²) < 4.78 is 17.1. The number of aliphatic hydroxyl groups is 1. The zero-order valence-corrected chi connectivity index (χ0v) is 8.43. The highest BCUT2D eigenvalue weighted by Gasteiger charge is 2.23. The third kappa shape index (κ3) is 4.01. The summed E-state index contributed by atoms with van der Waals surface area (Å²) >= 11 is 0. The van der Waals surface area contributed by atoms with E-state index in [-0.39, 0.29) is 12.7 Å². The molecule has 1 aliphatic rings. The smallest absolute Gasteiger partial charge is 0.407 e. The molecule has 1 fully saturated rings. The van der Waals surface area contributed by atoms with Crippen molar-refractivity contribution in [1.29, 1.82) is 0 Å². The van der Waals surface area contributed by atoms with E-state index in [2.05, 4.69) is 0 Å². The van der Waals surface area contributed by atoms with E-state index in [4.69, 9.17) is 14.9 Å². The first-order chi connectivity index (χ1) is 7.13. The topological polar surface area (TPSA) is 70.0 Å². The second kappa shape index (κ2) is 5.87. The minimum Gasteiger partial charge on any atom is -0.465 e. The summed E-state index contributed by atoms with van der Waals surface area (Å²) in [6.45, 7) is 0.0413. The number of likely N-dealkylation sites (tertiary alicyclic amines) is 1. The number of halogens is 1. The van der Waals surface area contributed by atoms with Crippen LogP contribution >= 0.6 is 0 Å². The van der Waals surface area contributed by atoms with Crippen molar-refractivity contribution in [2.24, 2.45) is 0 Å². The highest BCUT2D eigenvalue weighted by molar-refractivity contribution is 5.64. The van der Waals surface area contributed by atoms with Gasteiger partial charge in [-0.25, -0.2) is 9.18 Å². The molecular weight excluding hydrogens is 205 g/mol. The Morgan fingerprint density at radius 1 is 1.53 bits per heavy atom. The molecule has 1 rings (SSSR count). The summed E-state index contributed by atoms with van der Waals surface area (Å²) in [6, 6.07) is 0. The molecule has 0 saturated carbocycles. The lowest BCUT2D eigenvalue weighted by molar-refractivity contribution is -0.0378. The van der Waals surface area contributed by atoms with E-state index in [1.165, 1.54) is 4.90 Å². The van der Waals surface area contributed by atoms with E-state index >= 15 is 0 Å². The molecule has 1 unspecified atom stereocenters. The molecule has 0 aliphatic carbocycles. The average Bonchev–Trinajstić information content (AvgIpc) is 2.26. The van der Waals surface area contributed by atoms with Crippen molar-refractivity contribution >= 4 is 6.09 Å². The largest absolute Gasteiger partial charge is 0.465 e. The molecule has 1 heterocycles. The van der Waals surface area contributed by atoms with Crippen molar-refractivity contribution < 1.29 is 24.1 Å². The summed E-state index contributed by atoms with van der Waals surface area (Å²) in [4.78, 5) is 11.9. The van der Waals surface area contributed by atoms with Gasteiger partial charge in [0.05, 0.1) is 12.7 Å². The molecule has 0 aromatic carbocycles. The Labute approximate surface area is 87.4 Å². The van der Waals surface area contributed by atoms with Crippen molar-refractivity contribution in [3.63, 3.8) is 0 Å². The molecule has 0 radical (unpaired) electrons. The molecular formula is C9H16FNO4. The average molecular weight is 221 g/mol. The summed E-state index contributed by atoms with van der Waals surface area (Å²) in [7, 11) is 0. The van der Waals surface area contributed by atoms with Gasteiger partial charge < -0.3 is 19.8 Å². The number of nitrogens with zero attached hydrogens (tertiary/aromatic N) is 1. The number of alkyl halides is 1. The Kier molecular flexibility index (Phi) is 4.77. The van der Waals surface area contributed by atoms with Crippen molar-refractivity contribution in [2.45, 2.75) is 25.0 Å². The second-order valence-electron chi connectivity index (χ2n) is 3.61. The molecule has 15 heavy (non-hydrogen) atoms. The van der Waals surface area contributed by atoms with E-state index in [9.17, 15) is 9.18 Å². The van der Waals surface area contributed by atoms with Crippen LogP contribution in [0.25, 0.3) is 0 Å². The minimum absolute atomic E-state index is 0.0196. The van der Waals surface area contributed by atoms with Gasteiger partial charge in [0.15, 0.2) is 0 Å². The van der Waals surface area contributed by atoms with Crippen LogP contribution in [-0.2, 0) is 4.74 Å². The maximum Gasteiger partial charge on any atom is 0.407 e. The lowest BCUT2D eigenvalue weighted by Gasteiger charge is -2.30. The predicted octanol–water partition coefficient (Wildman–Crippen LogP) is 0.476. The van der Waals surface area contributed by atoms with Gasteiger partial charge in [-0.15, -0.1) is 0 Å². The van der Waals surface area contributed by atoms with E-state index < -0.39 is 18.9 Å². The Morgan fingerprint density at radius 3 is 2.60 bits per heavy atom. The number of piperidine rings is 1. The van der Waals surface area contributed by atoms with Crippen molar-refractivity contribution in [2.75, 3.05) is 26.4 Å². The van der Waals surface area contributed by atoms with Crippen LogP contribution in [0.2, 0.25) is 0 Å². The lowest BCUT2D eigenvalue weighted by Crippen LogP contribution is -2.40. The fraction of sp³-hybridized carbons (Fsp3) is 0.889. The van der Waals surface area contributed by atoms with Crippen LogP contribution in [0.4, 0.5) is 9.18 Å². The Bertz CT molecular complexity index is 206. The molecule has 1 saturated heterocycles. The van der Waals surface area contributed by atoms with Gasteiger partial charge in [-0.1, -0.05) is 0 Å². The number of aliphatic hydroxyl groups excluding tert-OH is 1. The van der Waals surface area contributed by atoms with Crippen LogP contribution in [-0.4, -0.2) is 59.8 Å². The molecule has 2 N–H and O–H groups in total. The highest BCUT2D eigenvalue weighted by Crippen LogP contribution is 2.13. The minimum atomic E-state index is -1.07. The van der Waals surface area contributed by atoms with Crippen LogP contribution in [0.15, 0.2) is 0 Å². The molecule has 0 spiro atoms. The normalized spacial score (nSPS) is 20.3. The number of rotatable bonds is 4. The molecule has 1 aliphatic heterocycles. The number of amides is 1. The zero-order valence-electron chi connectivity index (χ0n) is 8.43. The summed E-state index contributed by atoms with van der Waals surface area (Å²) in [5.41, 5.74) is 0. The molecule has 5 nitrogen and oxygen atoms in total. The van der Waals surface area contributed by atoms with Crippen LogP contribution in [0.3, 0.4) is 0 Å². The maximum atomic E-state index is 11.9. The van der Waals surface area contributed by atoms with Crippen molar-refractivity contribution in [3.05, 3.63) is 0 Å². The molecule has 88 valence electrons. The number of hydrogen-bond donors (Lipinski definition) is 2. The third-order valence-electron chi connectivity index (χ3n) is 2.41. The molecule has 0 bridgehead atoms. The fourth-order valence-electron chi connectivity index (χ4n) is 1.51. The molecule has 0 aromatic heterocycles. The van der Waals surface area contributed by atoms with Crippen LogP contribution in [0.1, 0.15) is 12.8 Å².